The molecule has 5 nitrogen and oxygen atoms in total. The number of rotatable bonds is 5. The zero-order valence-electron chi connectivity index (χ0n) is 10.00. The number of nitrogens with one attached hydrogen (secondary N) is 1. The Morgan fingerprint density at radius 1 is 1.11 bits per heavy atom. The second kappa shape index (κ2) is 5.68. The lowest BCUT2D eigenvalue weighted by molar-refractivity contribution is -0.105. The van der Waals surface area contributed by atoms with E-state index in [1.807, 2.05) is 0 Å². The van der Waals surface area contributed by atoms with E-state index in [1.165, 1.54) is 0 Å². The zero-order valence-corrected chi connectivity index (χ0v) is 10.00. The third-order valence-corrected chi connectivity index (χ3v) is 2.47. The highest BCUT2D eigenvalue weighted by Crippen LogP contribution is 2.28. The van der Waals surface area contributed by atoms with Gasteiger partial charge in [-0.05, 0) is 36.4 Å². The predicted octanol–water partition coefficient (Wildman–Crippen LogP) is 2.15. The van der Waals surface area contributed by atoms with Crippen LogP contribution >= 0.6 is 0 Å². The van der Waals surface area contributed by atoms with E-state index < -0.39 is 5.91 Å². The van der Waals surface area contributed by atoms with E-state index in [4.69, 9.17) is 10.5 Å². The minimum atomic E-state index is -0.491. The second-order valence-corrected chi connectivity index (χ2v) is 3.75. The van der Waals surface area contributed by atoms with Gasteiger partial charge in [0, 0.05) is 5.56 Å². The number of benzene rings is 2. The molecule has 0 radical (unpaired) electrons. The number of carbonyl (C=O) groups is 2. The summed E-state index contributed by atoms with van der Waals surface area (Å²) in [6.07, 6.45) is 0.582. The standard InChI is InChI=1S/C14H12N2O3/c15-14(18)10-5-7-11(8-6-10)19-13-4-2-1-3-12(13)16-9-17/h1-9H,(H2,15,18)(H,16,17). The highest BCUT2D eigenvalue weighted by atomic mass is 16.5. The SMILES string of the molecule is NC(=O)c1ccc(Oc2ccccc2NC=O)cc1. The monoisotopic (exact) mass is 256 g/mol. The van der Waals surface area contributed by atoms with Gasteiger partial charge in [0.25, 0.3) is 0 Å². The maximum absolute atomic E-state index is 10.9. The van der Waals surface area contributed by atoms with Crippen LogP contribution in [-0.2, 0) is 4.79 Å². The molecular formula is C14H12N2O3. The molecule has 0 fully saturated rings. The molecule has 0 saturated carbocycles. The van der Waals surface area contributed by atoms with E-state index >= 15 is 0 Å². The van der Waals surface area contributed by atoms with Crippen LogP contribution in [0.2, 0.25) is 0 Å². The molecule has 19 heavy (non-hydrogen) atoms. The third kappa shape index (κ3) is 3.10. The van der Waals surface area contributed by atoms with Crippen LogP contribution < -0.4 is 15.8 Å². The fraction of sp³-hybridized carbons (Fsp3) is 0. The van der Waals surface area contributed by atoms with Crippen LogP contribution in [-0.4, -0.2) is 12.3 Å². The van der Waals surface area contributed by atoms with E-state index in [9.17, 15) is 9.59 Å². The van der Waals surface area contributed by atoms with Crippen LogP contribution in [0.4, 0.5) is 5.69 Å². The summed E-state index contributed by atoms with van der Waals surface area (Å²) in [5, 5.41) is 2.55. The summed E-state index contributed by atoms with van der Waals surface area (Å²) in [5.74, 6) is 0.571. The molecule has 0 saturated heterocycles. The Balaban J connectivity index is 2.21. The van der Waals surface area contributed by atoms with Crippen LogP contribution in [0.15, 0.2) is 48.5 Å². The van der Waals surface area contributed by atoms with E-state index in [0.29, 0.717) is 29.2 Å². The smallest absolute Gasteiger partial charge is 0.248 e. The summed E-state index contributed by atoms with van der Waals surface area (Å²) in [5.41, 5.74) is 6.13. The van der Waals surface area contributed by atoms with Gasteiger partial charge in [-0.15, -0.1) is 0 Å². The molecule has 5 heteroatoms. The summed E-state index contributed by atoms with van der Waals surface area (Å²) in [6.45, 7) is 0. The number of hydrogen-bond acceptors (Lipinski definition) is 3. The first-order valence-corrected chi connectivity index (χ1v) is 5.57. The van der Waals surface area contributed by atoms with Crippen LogP contribution in [0.3, 0.4) is 0 Å². The molecule has 2 aromatic carbocycles. The van der Waals surface area contributed by atoms with Crippen molar-refractivity contribution < 1.29 is 14.3 Å². The molecule has 0 atom stereocenters. The molecule has 0 aliphatic carbocycles. The fourth-order valence-corrected chi connectivity index (χ4v) is 1.55. The van der Waals surface area contributed by atoms with E-state index in [-0.39, 0.29) is 0 Å². The van der Waals surface area contributed by atoms with Gasteiger partial charge < -0.3 is 15.8 Å². The largest absolute Gasteiger partial charge is 0.455 e. The van der Waals surface area contributed by atoms with Crippen molar-refractivity contribution in [1.82, 2.24) is 0 Å². The average molecular weight is 256 g/mol. The number of primary amides is 1. The van der Waals surface area contributed by atoms with Gasteiger partial charge in [-0.1, -0.05) is 12.1 Å². The number of carbonyl (C=O) groups excluding carboxylic acids is 2. The van der Waals surface area contributed by atoms with E-state index in [2.05, 4.69) is 5.32 Å². The molecular weight excluding hydrogens is 244 g/mol. The minimum absolute atomic E-state index is 0.409. The van der Waals surface area contributed by atoms with Gasteiger partial charge in [0.05, 0.1) is 5.69 Å². The molecule has 2 amide bonds. The van der Waals surface area contributed by atoms with Gasteiger partial charge in [-0.2, -0.15) is 0 Å². The Bertz CT molecular complexity index is 594. The molecule has 0 aliphatic heterocycles. The molecule has 96 valence electrons. The van der Waals surface area contributed by atoms with Crippen molar-refractivity contribution in [2.75, 3.05) is 5.32 Å². The summed E-state index contributed by atoms with van der Waals surface area (Å²) in [6, 6.07) is 13.5. The lowest BCUT2D eigenvalue weighted by Gasteiger charge is -2.10. The number of amides is 2. The lowest BCUT2D eigenvalue weighted by Crippen LogP contribution is -2.10. The molecule has 0 aromatic heterocycles. The van der Waals surface area contributed by atoms with Crippen molar-refractivity contribution in [3.8, 4) is 11.5 Å². The number of anilines is 1. The van der Waals surface area contributed by atoms with E-state index in [0.717, 1.165) is 0 Å². The molecule has 3 N–H and O–H groups in total. The van der Waals surface area contributed by atoms with Gasteiger partial charge in [0.2, 0.25) is 12.3 Å². The highest BCUT2D eigenvalue weighted by molar-refractivity contribution is 5.92. The molecule has 2 rings (SSSR count). The van der Waals surface area contributed by atoms with Gasteiger partial charge in [0.1, 0.15) is 5.75 Å². The van der Waals surface area contributed by atoms with E-state index in [1.54, 1.807) is 48.5 Å². The van der Waals surface area contributed by atoms with Crippen molar-refractivity contribution in [1.29, 1.82) is 0 Å². The Morgan fingerprint density at radius 3 is 2.42 bits per heavy atom. The van der Waals surface area contributed by atoms with Crippen molar-refractivity contribution in [3.05, 3.63) is 54.1 Å². The highest BCUT2D eigenvalue weighted by Gasteiger charge is 2.05. The average Bonchev–Trinajstić information content (AvgIpc) is 2.42. The quantitative estimate of drug-likeness (QED) is 0.804. The number of ether oxygens (including phenoxy) is 1. The van der Waals surface area contributed by atoms with Crippen molar-refractivity contribution in [2.24, 2.45) is 5.73 Å². The fourth-order valence-electron chi connectivity index (χ4n) is 1.55. The Labute approximate surface area is 110 Å². The molecule has 0 heterocycles. The topological polar surface area (TPSA) is 81.4 Å². The Morgan fingerprint density at radius 2 is 1.79 bits per heavy atom. The summed E-state index contributed by atoms with van der Waals surface area (Å²) in [7, 11) is 0. The van der Waals surface area contributed by atoms with Gasteiger partial charge >= 0.3 is 0 Å². The Kier molecular flexibility index (Phi) is 3.78. The zero-order chi connectivity index (χ0) is 13.7. The first-order valence-electron chi connectivity index (χ1n) is 5.57. The molecule has 2 aromatic rings. The first-order chi connectivity index (χ1) is 9.20. The van der Waals surface area contributed by atoms with Crippen molar-refractivity contribution in [2.45, 2.75) is 0 Å². The van der Waals surface area contributed by atoms with Gasteiger partial charge in [-0.25, -0.2) is 0 Å². The third-order valence-electron chi connectivity index (χ3n) is 2.47. The van der Waals surface area contributed by atoms with Crippen LogP contribution in [0.1, 0.15) is 10.4 Å². The molecule has 0 spiro atoms. The predicted molar refractivity (Wildman–Crippen MR) is 71.2 cm³/mol. The summed E-state index contributed by atoms with van der Waals surface area (Å²) < 4.78 is 5.62. The number of hydrogen-bond donors (Lipinski definition) is 2. The maximum atomic E-state index is 10.9. The van der Waals surface area contributed by atoms with Crippen LogP contribution in [0, 0.1) is 0 Å². The van der Waals surface area contributed by atoms with Crippen molar-refractivity contribution in [3.63, 3.8) is 0 Å². The van der Waals surface area contributed by atoms with Gasteiger partial charge in [-0.3, -0.25) is 9.59 Å². The van der Waals surface area contributed by atoms with Gasteiger partial charge in [0.15, 0.2) is 5.75 Å². The molecule has 0 bridgehead atoms. The maximum Gasteiger partial charge on any atom is 0.248 e. The summed E-state index contributed by atoms with van der Waals surface area (Å²) >= 11 is 0. The van der Waals surface area contributed by atoms with Crippen LogP contribution in [0.25, 0.3) is 0 Å². The number of nitrogens with two attached hydrogens (primary N) is 1. The lowest BCUT2D eigenvalue weighted by atomic mass is 10.2. The first kappa shape index (κ1) is 12.6. The van der Waals surface area contributed by atoms with Crippen molar-refractivity contribution >= 4 is 18.0 Å². The minimum Gasteiger partial charge on any atom is -0.455 e. The van der Waals surface area contributed by atoms with Crippen LogP contribution in [0.5, 0.6) is 11.5 Å². The number of para-hydroxylation sites is 2. The summed E-state index contributed by atoms with van der Waals surface area (Å²) in [4.78, 5) is 21.4. The molecule has 0 unspecified atom stereocenters. The normalized spacial score (nSPS) is 9.68. The second-order valence-electron chi connectivity index (χ2n) is 3.75. The Hall–Kier alpha value is -2.82. The molecule has 0 aliphatic rings.